The molecule has 0 aromatic heterocycles. The fourth-order valence-corrected chi connectivity index (χ4v) is 1.38. The third kappa shape index (κ3) is 5.62. The molecule has 0 aromatic carbocycles. The van der Waals surface area contributed by atoms with Crippen LogP contribution in [0, 0.1) is 0 Å². The Morgan fingerprint density at radius 2 is 1.56 bits per heavy atom. The van der Waals surface area contributed by atoms with Crippen LogP contribution >= 0.6 is 0 Å². The van der Waals surface area contributed by atoms with Crippen molar-refractivity contribution in [2.24, 2.45) is 0 Å². The molecule has 0 heterocycles. The number of rotatable bonds is 7. The maximum Gasteiger partial charge on any atom is 0.329 e. The first-order chi connectivity index (χ1) is 8.46. The number of carbonyl (C=O) groups excluding carboxylic acids is 3. The van der Waals surface area contributed by atoms with Crippen molar-refractivity contribution < 1.29 is 23.9 Å². The van der Waals surface area contributed by atoms with Gasteiger partial charge in [-0.1, -0.05) is 6.92 Å². The van der Waals surface area contributed by atoms with Crippen molar-refractivity contribution in [3.63, 3.8) is 0 Å². The fraction of sp³-hybridized carbons (Fsp3) is 0.727. The highest BCUT2D eigenvalue weighted by Crippen LogP contribution is 1.95. The van der Waals surface area contributed by atoms with Crippen LogP contribution in [-0.2, 0) is 23.9 Å². The standard InChI is InChI=1S/C11H20N2O5/c1-5-8(10(15)17-3)12-6-9(11(16)18-4)13-7(2)14/h8-9,12H,5-6H2,1-4H3,(H,13,14). The zero-order chi connectivity index (χ0) is 14.1. The second kappa shape index (κ2) is 8.46. The van der Waals surface area contributed by atoms with Gasteiger partial charge in [0.2, 0.25) is 5.91 Å². The molecule has 1 amide bonds. The molecule has 18 heavy (non-hydrogen) atoms. The summed E-state index contributed by atoms with van der Waals surface area (Å²) in [5, 5.41) is 5.29. The Bertz CT molecular complexity index is 306. The monoisotopic (exact) mass is 260 g/mol. The molecule has 7 heteroatoms. The number of carbonyl (C=O) groups is 3. The van der Waals surface area contributed by atoms with Crippen molar-refractivity contribution in [1.82, 2.24) is 10.6 Å². The molecule has 0 fully saturated rings. The number of esters is 2. The molecule has 0 saturated carbocycles. The minimum absolute atomic E-state index is 0.0971. The lowest BCUT2D eigenvalue weighted by atomic mass is 10.2. The van der Waals surface area contributed by atoms with Gasteiger partial charge in [-0.05, 0) is 6.42 Å². The number of nitrogens with one attached hydrogen (secondary N) is 2. The van der Waals surface area contributed by atoms with E-state index in [-0.39, 0.29) is 12.5 Å². The Morgan fingerprint density at radius 3 is 1.94 bits per heavy atom. The lowest BCUT2D eigenvalue weighted by Crippen LogP contribution is -2.50. The van der Waals surface area contributed by atoms with Gasteiger partial charge in [0.1, 0.15) is 12.1 Å². The smallest absolute Gasteiger partial charge is 0.329 e. The summed E-state index contributed by atoms with van der Waals surface area (Å²) in [5.41, 5.74) is 0. The first kappa shape index (κ1) is 16.4. The van der Waals surface area contributed by atoms with Crippen molar-refractivity contribution in [3.05, 3.63) is 0 Å². The van der Waals surface area contributed by atoms with Gasteiger partial charge in [-0.25, -0.2) is 4.79 Å². The molecule has 2 atom stereocenters. The zero-order valence-corrected chi connectivity index (χ0v) is 11.1. The molecular formula is C11H20N2O5. The predicted molar refractivity (Wildman–Crippen MR) is 63.7 cm³/mol. The van der Waals surface area contributed by atoms with Crippen molar-refractivity contribution in [2.75, 3.05) is 20.8 Å². The van der Waals surface area contributed by atoms with Gasteiger partial charge < -0.3 is 20.1 Å². The zero-order valence-electron chi connectivity index (χ0n) is 11.1. The van der Waals surface area contributed by atoms with Crippen LogP contribution in [0.2, 0.25) is 0 Å². The second-order valence-electron chi connectivity index (χ2n) is 3.67. The van der Waals surface area contributed by atoms with Crippen LogP contribution in [0.3, 0.4) is 0 Å². The van der Waals surface area contributed by atoms with Gasteiger partial charge in [0, 0.05) is 13.5 Å². The summed E-state index contributed by atoms with van der Waals surface area (Å²) in [6.45, 7) is 3.20. The summed E-state index contributed by atoms with van der Waals surface area (Å²) in [6, 6.07) is -1.35. The predicted octanol–water partition coefficient (Wildman–Crippen LogP) is -0.795. The van der Waals surface area contributed by atoms with E-state index < -0.39 is 24.0 Å². The quantitative estimate of drug-likeness (QED) is 0.582. The molecule has 0 spiro atoms. The van der Waals surface area contributed by atoms with Crippen LogP contribution in [0.5, 0.6) is 0 Å². The topological polar surface area (TPSA) is 93.7 Å². The lowest BCUT2D eigenvalue weighted by Gasteiger charge is -2.19. The van der Waals surface area contributed by atoms with Crippen LogP contribution in [0.25, 0.3) is 0 Å². The van der Waals surface area contributed by atoms with Crippen molar-refractivity contribution in [1.29, 1.82) is 0 Å². The van der Waals surface area contributed by atoms with E-state index in [1.165, 1.54) is 21.1 Å². The van der Waals surface area contributed by atoms with E-state index in [1.807, 2.05) is 0 Å². The normalized spacial score (nSPS) is 13.3. The van der Waals surface area contributed by atoms with Gasteiger partial charge >= 0.3 is 11.9 Å². The van der Waals surface area contributed by atoms with E-state index in [0.29, 0.717) is 6.42 Å². The largest absolute Gasteiger partial charge is 0.468 e. The van der Waals surface area contributed by atoms with Gasteiger partial charge in [0.05, 0.1) is 14.2 Å². The summed E-state index contributed by atoms with van der Waals surface area (Å²) < 4.78 is 9.15. The Morgan fingerprint density at radius 1 is 1.06 bits per heavy atom. The first-order valence-electron chi connectivity index (χ1n) is 5.62. The molecule has 2 unspecified atom stereocenters. The maximum atomic E-state index is 11.4. The Balaban J connectivity index is 4.44. The van der Waals surface area contributed by atoms with Gasteiger partial charge in [0.15, 0.2) is 0 Å². The number of amides is 1. The average Bonchev–Trinajstić information content (AvgIpc) is 2.36. The third-order valence-corrected chi connectivity index (χ3v) is 2.33. The van der Waals surface area contributed by atoms with E-state index >= 15 is 0 Å². The first-order valence-corrected chi connectivity index (χ1v) is 5.62. The molecule has 2 N–H and O–H groups in total. The van der Waals surface area contributed by atoms with E-state index in [9.17, 15) is 14.4 Å². The van der Waals surface area contributed by atoms with Crippen LogP contribution < -0.4 is 10.6 Å². The Hall–Kier alpha value is -1.63. The highest BCUT2D eigenvalue weighted by Gasteiger charge is 2.23. The minimum Gasteiger partial charge on any atom is -0.468 e. The van der Waals surface area contributed by atoms with E-state index in [1.54, 1.807) is 6.92 Å². The molecular weight excluding hydrogens is 240 g/mol. The van der Waals surface area contributed by atoms with Gasteiger partial charge in [-0.3, -0.25) is 9.59 Å². The lowest BCUT2D eigenvalue weighted by molar-refractivity contribution is -0.146. The molecule has 104 valence electrons. The van der Waals surface area contributed by atoms with Gasteiger partial charge in [-0.2, -0.15) is 0 Å². The molecule has 0 aliphatic rings. The second-order valence-corrected chi connectivity index (χ2v) is 3.67. The summed E-state index contributed by atoms with van der Waals surface area (Å²) >= 11 is 0. The molecule has 0 radical (unpaired) electrons. The fourth-order valence-electron chi connectivity index (χ4n) is 1.38. The molecule has 0 aliphatic heterocycles. The molecule has 7 nitrogen and oxygen atoms in total. The van der Waals surface area contributed by atoms with Crippen LogP contribution in [-0.4, -0.2) is 50.7 Å². The van der Waals surface area contributed by atoms with Gasteiger partial charge in [0.25, 0.3) is 0 Å². The molecule has 0 saturated heterocycles. The van der Waals surface area contributed by atoms with Crippen LogP contribution in [0.15, 0.2) is 0 Å². The Kier molecular flexibility index (Phi) is 7.69. The molecule has 0 aromatic rings. The van der Waals surface area contributed by atoms with Crippen molar-refractivity contribution in [2.45, 2.75) is 32.4 Å². The summed E-state index contributed by atoms with van der Waals surface area (Å²) in [6.07, 6.45) is 0.515. The van der Waals surface area contributed by atoms with Crippen molar-refractivity contribution >= 4 is 17.8 Å². The number of hydrogen-bond donors (Lipinski definition) is 2. The molecule has 0 rings (SSSR count). The molecule has 0 bridgehead atoms. The summed E-state index contributed by atoms with van der Waals surface area (Å²) in [4.78, 5) is 33.7. The molecule has 0 aliphatic carbocycles. The highest BCUT2D eigenvalue weighted by atomic mass is 16.5. The van der Waals surface area contributed by atoms with E-state index in [0.717, 1.165) is 0 Å². The highest BCUT2D eigenvalue weighted by molar-refractivity contribution is 5.83. The number of hydrogen-bond acceptors (Lipinski definition) is 6. The number of methoxy groups -OCH3 is 2. The third-order valence-electron chi connectivity index (χ3n) is 2.33. The number of ether oxygens (including phenoxy) is 2. The van der Waals surface area contributed by atoms with E-state index in [4.69, 9.17) is 0 Å². The average molecular weight is 260 g/mol. The maximum absolute atomic E-state index is 11.4. The van der Waals surface area contributed by atoms with E-state index in [2.05, 4.69) is 20.1 Å². The van der Waals surface area contributed by atoms with Crippen LogP contribution in [0.1, 0.15) is 20.3 Å². The summed E-state index contributed by atoms with van der Waals surface area (Å²) in [5.74, 6) is -1.33. The SMILES string of the molecule is CCC(NCC(NC(C)=O)C(=O)OC)C(=O)OC. The minimum atomic E-state index is -0.828. The van der Waals surface area contributed by atoms with Gasteiger partial charge in [-0.15, -0.1) is 0 Å². The summed E-state index contributed by atoms with van der Waals surface area (Å²) in [7, 11) is 2.52. The van der Waals surface area contributed by atoms with Crippen LogP contribution in [0.4, 0.5) is 0 Å². The van der Waals surface area contributed by atoms with Crippen molar-refractivity contribution in [3.8, 4) is 0 Å². The Labute approximate surface area is 106 Å².